The fourth-order valence-electron chi connectivity index (χ4n) is 1.56. The molecule has 0 aliphatic rings. The van der Waals surface area contributed by atoms with E-state index in [2.05, 4.69) is 33.8 Å². The van der Waals surface area contributed by atoms with E-state index in [1.165, 1.54) is 5.57 Å². The van der Waals surface area contributed by atoms with Gasteiger partial charge in [-0.25, -0.2) is 0 Å². The highest BCUT2D eigenvalue weighted by atomic mass is 35.5. The van der Waals surface area contributed by atoms with Gasteiger partial charge in [0.05, 0.1) is 10.6 Å². The van der Waals surface area contributed by atoms with Crippen LogP contribution in [0.4, 0.5) is 0 Å². The molecule has 0 aliphatic heterocycles. The first-order chi connectivity index (χ1) is 9.01. The van der Waals surface area contributed by atoms with Crippen LogP contribution in [0.25, 0.3) is 0 Å². The summed E-state index contributed by atoms with van der Waals surface area (Å²) in [7, 11) is 0. The van der Waals surface area contributed by atoms with Crippen molar-refractivity contribution in [2.45, 2.75) is 47.1 Å². The lowest BCUT2D eigenvalue weighted by Gasteiger charge is -2.20. The van der Waals surface area contributed by atoms with Gasteiger partial charge in [0.2, 0.25) is 0 Å². The number of rotatable bonds is 4. The van der Waals surface area contributed by atoms with Crippen molar-refractivity contribution in [2.75, 3.05) is 6.61 Å². The molecule has 3 heteroatoms. The Labute approximate surface area is 127 Å². The average Bonchev–Trinajstić information content (AvgIpc) is 2.28. The summed E-state index contributed by atoms with van der Waals surface area (Å²) in [4.78, 5) is 0. The zero-order valence-electron chi connectivity index (χ0n) is 13.2. The lowest BCUT2D eigenvalue weighted by atomic mass is 9.87. The molecule has 0 aromatic heterocycles. The third-order valence-electron chi connectivity index (χ3n) is 3.45. The summed E-state index contributed by atoms with van der Waals surface area (Å²) in [6.07, 6.45) is 2.07. The predicted octanol–water partition coefficient (Wildman–Crippen LogP) is 4.94. The van der Waals surface area contributed by atoms with Gasteiger partial charge in [-0.15, -0.1) is 0 Å². The maximum absolute atomic E-state index is 9.93. The van der Waals surface area contributed by atoms with Gasteiger partial charge < -0.3 is 9.84 Å². The zero-order chi connectivity index (χ0) is 15.6. The molecule has 0 radical (unpaired) electrons. The predicted molar refractivity (Wildman–Crippen MR) is 85.4 cm³/mol. The first-order valence-electron chi connectivity index (χ1n) is 6.84. The van der Waals surface area contributed by atoms with Crippen molar-refractivity contribution in [3.8, 4) is 5.75 Å². The third kappa shape index (κ3) is 4.84. The minimum Gasteiger partial charge on any atom is -0.488 e. The molecule has 20 heavy (non-hydrogen) atoms. The molecule has 0 unspecified atom stereocenters. The summed E-state index contributed by atoms with van der Waals surface area (Å²) in [5.74, 6) is 0.637. The highest BCUT2D eigenvalue weighted by Gasteiger charge is 2.17. The standard InChI is InChI=1S/C17H25ClO2/c1-12(16(2,3)4)9-10-20-15-8-7-13(11-14(15)18)17(5,6)19/h7-9,11,19H,10H2,1-6H3/b12-9+. The van der Waals surface area contributed by atoms with E-state index in [9.17, 15) is 5.11 Å². The fraction of sp³-hybridized carbons (Fsp3) is 0.529. The molecular formula is C17H25ClO2. The summed E-state index contributed by atoms with van der Waals surface area (Å²) < 4.78 is 5.68. The molecule has 0 fully saturated rings. The van der Waals surface area contributed by atoms with Gasteiger partial charge in [0.15, 0.2) is 0 Å². The van der Waals surface area contributed by atoms with Crippen molar-refractivity contribution in [1.29, 1.82) is 0 Å². The smallest absolute Gasteiger partial charge is 0.138 e. The molecular weight excluding hydrogens is 272 g/mol. The van der Waals surface area contributed by atoms with Crippen LogP contribution in [0.3, 0.4) is 0 Å². The summed E-state index contributed by atoms with van der Waals surface area (Å²) in [6.45, 7) is 12.6. The molecule has 0 spiro atoms. The summed E-state index contributed by atoms with van der Waals surface area (Å²) in [5.41, 5.74) is 1.31. The molecule has 0 heterocycles. The van der Waals surface area contributed by atoms with E-state index in [1.54, 1.807) is 26.0 Å². The Kier molecular flexibility index (Phi) is 5.28. The fourth-order valence-corrected chi connectivity index (χ4v) is 1.80. The van der Waals surface area contributed by atoms with Crippen molar-refractivity contribution in [2.24, 2.45) is 5.41 Å². The Hall–Kier alpha value is -0.990. The summed E-state index contributed by atoms with van der Waals surface area (Å²) in [6, 6.07) is 5.38. The van der Waals surface area contributed by atoms with Crippen molar-refractivity contribution in [3.63, 3.8) is 0 Å². The van der Waals surface area contributed by atoms with Crippen LogP contribution in [-0.4, -0.2) is 11.7 Å². The first kappa shape index (κ1) is 17.1. The molecule has 1 rings (SSSR count). The molecule has 0 bridgehead atoms. The number of halogens is 1. The maximum atomic E-state index is 9.93. The quantitative estimate of drug-likeness (QED) is 0.798. The van der Waals surface area contributed by atoms with Crippen LogP contribution in [0.15, 0.2) is 29.8 Å². The van der Waals surface area contributed by atoms with Gasteiger partial charge in [-0.05, 0) is 50.0 Å². The minimum absolute atomic E-state index is 0.151. The van der Waals surface area contributed by atoms with Gasteiger partial charge >= 0.3 is 0 Å². The van der Waals surface area contributed by atoms with Gasteiger partial charge in [-0.3, -0.25) is 0 Å². The molecule has 0 saturated heterocycles. The van der Waals surface area contributed by atoms with Crippen LogP contribution < -0.4 is 4.74 Å². The van der Waals surface area contributed by atoms with Gasteiger partial charge in [-0.2, -0.15) is 0 Å². The Bertz CT molecular complexity index is 491. The normalized spacial score (nSPS) is 13.5. The van der Waals surface area contributed by atoms with E-state index in [0.29, 0.717) is 17.4 Å². The van der Waals surface area contributed by atoms with Crippen LogP contribution in [0.2, 0.25) is 5.02 Å². The van der Waals surface area contributed by atoms with Gasteiger partial charge in [0.25, 0.3) is 0 Å². The second-order valence-corrected chi connectivity index (χ2v) is 7.06. The molecule has 2 nitrogen and oxygen atoms in total. The number of hydrogen-bond acceptors (Lipinski definition) is 2. The van der Waals surface area contributed by atoms with E-state index in [0.717, 1.165) is 5.56 Å². The Morgan fingerprint density at radius 1 is 1.25 bits per heavy atom. The summed E-state index contributed by atoms with van der Waals surface area (Å²) >= 11 is 6.18. The van der Waals surface area contributed by atoms with Gasteiger partial charge in [0.1, 0.15) is 12.4 Å². The Morgan fingerprint density at radius 3 is 2.30 bits per heavy atom. The Balaban J connectivity index is 2.76. The van der Waals surface area contributed by atoms with E-state index in [4.69, 9.17) is 16.3 Å². The maximum Gasteiger partial charge on any atom is 0.138 e. The van der Waals surface area contributed by atoms with E-state index >= 15 is 0 Å². The Morgan fingerprint density at radius 2 is 1.85 bits per heavy atom. The number of aliphatic hydroxyl groups is 1. The van der Waals surface area contributed by atoms with Gasteiger partial charge in [-0.1, -0.05) is 44.0 Å². The molecule has 0 atom stereocenters. The lowest BCUT2D eigenvalue weighted by Crippen LogP contribution is -2.15. The number of ether oxygens (including phenoxy) is 1. The van der Waals surface area contributed by atoms with Crippen LogP contribution in [-0.2, 0) is 5.60 Å². The van der Waals surface area contributed by atoms with Crippen molar-refractivity contribution < 1.29 is 9.84 Å². The van der Waals surface area contributed by atoms with Crippen LogP contribution in [0.1, 0.15) is 47.1 Å². The van der Waals surface area contributed by atoms with Crippen molar-refractivity contribution >= 4 is 11.6 Å². The first-order valence-corrected chi connectivity index (χ1v) is 7.22. The lowest BCUT2D eigenvalue weighted by molar-refractivity contribution is 0.0785. The van der Waals surface area contributed by atoms with E-state index < -0.39 is 5.60 Å². The highest BCUT2D eigenvalue weighted by Crippen LogP contribution is 2.30. The molecule has 0 saturated carbocycles. The van der Waals surface area contributed by atoms with E-state index in [-0.39, 0.29) is 5.41 Å². The van der Waals surface area contributed by atoms with Crippen LogP contribution in [0.5, 0.6) is 5.75 Å². The minimum atomic E-state index is -0.898. The molecule has 112 valence electrons. The number of benzene rings is 1. The van der Waals surface area contributed by atoms with Crippen LogP contribution >= 0.6 is 11.6 Å². The molecule has 0 aliphatic carbocycles. The summed E-state index contributed by atoms with van der Waals surface area (Å²) in [5, 5.41) is 10.5. The molecule has 0 amide bonds. The molecule has 1 aromatic carbocycles. The molecule has 1 aromatic rings. The highest BCUT2D eigenvalue weighted by molar-refractivity contribution is 6.32. The largest absolute Gasteiger partial charge is 0.488 e. The monoisotopic (exact) mass is 296 g/mol. The number of allylic oxidation sites excluding steroid dienone is 1. The van der Waals surface area contributed by atoms with E-state index in [1.807, 2.05) is 6.07 Å². The number of hydrogen-bond donors (Lipinski definition) is 1. The van der Waals surface area contributed by atoms with Crippen molar-refractivity contribution in [3.05, 3.63) is 40.4 Å². The third-order valence-corrected chi connectivity index (χ3v) is 3.75. The second-order valence-electron chi connectivity index (χ2n) is 6.65. The molecule has 1 N–H and O–H groups in total. The topological polar surface area (TPSA) is 29.5 Å². The second kappa shape index (κ2) is 6.19. The average molecular weight is 297 g/mol. The van der Waals surface area contributed by atoms with Crippen molar-refractivity contribution in [1.82, 2.24) is 0 Å². The van der Waals surface area contributed by atoms with Gasteiger partial charge in [0, 0.05) is 0 Å². The SMILES string of the molecule is C/C(=C\COc1ccc(C(C)(C)O)cc1Cl)C(C)(C)C. The zero-order valence-corrected chi connectivity index (χ0v) is 14.0. The van der Waals surface area contributed by atoms with Crippen LogP contribution in [0, 0.1) is 5.41 Å².